The maximum absolute atomic E-state index is 10.4. The van der Waals surface area contributed by atoms with Gasteiger partial charge in [-0.15, -0.1) is 0 Å². The van der Waals surface area contributed by atoms with E-state index >= 15 is 0 Å². The number of nitrogens with one attached hydrogen (secondary N) is 1. The van der Waals surface area contributed by atoms with E-state index in [9.17, 15) is 9.59 Å². The van der Waals surface area contributed by atoms with Crippen molar-refractivity contribution in [2.75, 3.05) is 6.61 Å². The average molecular weight is 159 g/mol. The monoisotopic (exact) mass is 159 g/mol. The van der Waals surface area contributed by atoms with Gasteiger partial charge in [-0.05, 0) is 13.8 Å². The molecule has 0 aromatic rings. The lowest BCUT2D eigenvalue weighted by Gasteiger charge is -2.22. The highest BCUT2D eigenvalue weighted by Gasteiger charge is 2.17. The minimum Gasteiger partial charge on any atom is -0.463 e. The summed E-state index contributed by atoms with van der Waals surface area (Å²) < 4.78 is 4.70. The van der Waals surface area contributed by atoms with Gasteiger partial charge >= 0.3 is 5.97 Å². The molecular weight excluding hydrogens is 146 g/mol. The molecule has 0 bridgehead atoms. The Morgan fingerprint density at radius 2 is 2.18 bits per heavy atom. The largest absolute Gasteiger partial charge is 0.463 e. The Morgan fingerprint density at radius 3 is 2.55 bits per heavy atom. The molecule has 0 fully saturated rings. The number of ether oxygens (including phenoxy) is 1. The van der Waals surface area contributed by atoms with Crippen molar-refractivity contribution in [2.45, 2.75) is 26.3 Å². The van der Waals surface area contributed by atoms with Crippen LogP contribution in [0.25, 0.3) is 0 Å². The predicted octanol–water partition coefficient (Wildman–Crippen LogP) is 0.0741. The minimum absolute atomic E-state index is 0.196. The molecule has 0 radical (unpaired) electrons. The van der Waals surface area contributed by atoms with Crippen LogP contribution in [0.3, 0.4) is 0 Å². The predicted molar refractivity (Wildman–Crippen MR) is 39.9 cm³/mol. The fraction of sp³-hybridized carbons (Fsp3) is 0.714. The van der Waals surface area contributed by atoms with Gasteiger partial charge in [-0.2, -0.15) is 0 Å². The van der Waals surface area contributed by atoms with Gasteiger partial charge < -0.3 is 10.1 Å². The summed E-state index contributed by atoms with van der Waals surface area (Å²) in [5.41, 5.74) is -0.479. The zero-order valence-corrected chi connectivity index (χ0v) is 7.01. The molecule has 4 nitrogen and oxygen atoms in total. The van der Waals surface area contributed by atoms with Crippen LogP contribution < -0.4 is 5.32 Å². The number of amides is 1. The summed E-state index contributed by atoms with van der Waals surface area (Å²) in [6.45, 7) is 5.06. The van der Waals surface area contributed by atoms with Crippen LogP contribution in [0.2, 0.25) is 0 Å². The quantitative estimate of drug-likeness (QED) is 0.466. The summed E-state index contributed by atoms with van der Waals surface area (Å²) in [6, 6.07) is 0. The third-order valence-corrected chi connectivity index (χ3v) is 1.09. The first-order valence-electron chi connectivity index (χ1n) is 3.32. The minimum atomic E-state index is -0.479. The van der Waals surface area contributed by atoms with Crippen LogP contribution in [0.15, 0.2) is 0 Å². The second-order valence-corrected chi connectivity index (χ2v) is 2.93. The van der Waals surface area contributed by atoms with E-state index in [-0.39, 0.29) is 12.6 Å². The molecule has 64 valence electrons. The molecular formula is C7H13NO3. The molecule has 0 unspecified atom stereocenters. The standard InChI is InChI=1S/C7H13NO3/c1-6(10)11-4-7(2,3)8-5-9/h5H,4H2,1-3H3,(H,8,9). The van der Waals surface area contributed by atoms with E-state index in [1.165, 1.54) is 6.92 Å². The van der Waals surface area contributed by atoms with E-state index in [0.29, 0.717) is 6.41 Å². The summed E-state index contributed by atoms with van der Waals surface area (Å²) in [5, 5.41) is 2.52. The fourth-order valence-corrected chi connectivity index (χ4v) is 0.483. The van der Waals surface area contributed by atoms with Gasteiger partial charge in [0, 0.05) is 6.92 Å². The molecule has 0 aliphatic heterocycles. The zero-order chi connectivity index (χ0) is 8.91. The van der Waals surface area contributed by atoms with E-state index in [1.54, 1.807) is 13.8 Å². The number of hydrogen-bond acceptors (Lipinski definition) is 3. The van der Waals surface area contributed by atoms with Crippen LogP contribution in [0.4, 0.5) is 0 Å². The van der Waals surface area contributed by atoms with Crippen molar-refractivity contribution in [1.82, 2.24) is 5.32 Å². The summed E-state index contributed by atoms with van der Waals surface area (Å²) in [4.78, 5) is 20.4. The third-order valence-electron chi connectivity index (χ3n) is 1.09. The summed E-state index contributed by atoms with van der Waals surface area (Å²) in [6.07, 6.45) is 0.587. The number of carbonyl (C=O) groups is 2. The maximum atomic E-state index is 10.4. The van der Waals surface area contributed by atoms with Crippen LogP contribution in [0, 0.1) is 0 Å². The first kappa shape index (κ1) is 9.94. The molecule has 11 heavy (non-hydrogen) atoms. The first-order valence-corrected chi connectivity index (χ1v) is 3.32. The molecule has 0 spiro atoms. The van der Waals surface area contributed by atoms with Gasteiger partial charge in [-0.1, -0.05) is 0 Å². The van der Waals surface area contributed by atoms with Gasteiger partial charge in [0.2, 0.25) is 6.41 Å². The van der Waals surface area contributed by atoms with E-state index in [2.05, 4.69) is 5.32 Å². The van der Waals surface area contributed by atoms with Crippen LogP contribution in [-0.2, 0) is 14.3 Å². The van der Waals surface area contributed by atoms with Gasteiger partial charge in [0.15, 0.2) is 0 Å². The van der Waals surface area contributed by atoms with Gasteiger partial charge in [0.05, 0.1) is 5.54 Å². The Bertz CT molecular complexity index is 154. The molecule has 0 aliphatic carbocycles. The molecule has 0 saturated heterocycles. The van der Waals surface area contributed by atoms with E-state index in [0.717, 1.165) is 0 Å². The first-order chi connectivity index (χ1) is 4.98. The Kier molecular flexibility index (Phi) is 3.57. The van der Waals surface area contributed by atoms with Crippen LogP contribution in [0.5, 0.6) is 0 Å². The molecule has 0 aromatic carbocycles. The van der Waals surface area contributed by atoms with Crippen molar-refractivity contribution in [3.05, 3.63) is 0 Å². The molecule has 0 atom stereocenters. The Morgan fingerprint density at radius 1 is 1.64 bits per heavy atom. The Balaban J connectivity index is 3.71. The molecule has 0 aliphatic rings. The van der Waals surface area contributed by atoms with Crippen molar-refractivity contribution in [1.29, 1.82) is 0 Å². The lowest BCUT2D eigenvalue weighted by Crippen LogP contribution is -2.43. The highest BCUT2D eigenvalue weighted by molar-refractivity contribution is 5.66. The van der Waals surface area contributed by atoms with E-state index in [4.69, 9.17) is 4.74 Å². The number of esters is 1. The molecule has 0 aromatic heterocycles. The lowest BCUT2D eigenvalue weighted by molar-refractivity contribution is -0.143. The van der Waals surface area contributed by atoms with Crippen molar-refractivity contribution in [3.8, 4) is 0 Å². The second-order valence-electron chi connectivity index (χ2n) is 2.93. The highest BCUT2D eigenvalue weighted by Crippen LogP contribution is 2.00. The van der Waals surface area contributed by atoms with Crippen LogP contribution in [-0.4, -0.2) is 24.5 Å². The average Bonchev–Trinajstić information content (AvgIpc) is 1.84. The SMILES string of the molecule is CC(=O)OCC(C)(C)NC=O. The highest BCUT2D eigenvalue weighted by atomic mass is 16.5. The topological polar surface area (TPSA) is 55.4 Å². The van der Waals surface area contributed by atoms with Gasteiger partial charge in [-0.25, -0.2) is 0 Å². The molecule has 1 N–H and O–H groups in total. The second kappa shape index (κ2) is 3.95. The van der Waals surface area contributed by atoms with E-state index in [1.807, 2.05) is 0 Å². The van der Waals surface area contributed by atoms with E-state index < -0.39 is 5.54 Å². The van der Waals surface area contributed by atoms with Crippen molar-refractivity contribution in [3.63, 3.8) is 0 Å². The molecule has 4 heteroatoms. The Labute approximate surface area is 65.9 Å². The zero-order valence-electron chi connectivity index (χ0n) is 7.01. The van der Waals surface area contributed by atoms with Crippen LogP contribution >= 0.6 is 0 Å². The summed E-state index contributed by atoms with van der Waals surface area (Å²) in [7, 11) is 0. The van der Waals surface area contributed by atoms with Crippen molar-refractivity contribution >= 4 is 12.4 Å². The van der Waals surface area contributed by atoms with Gasteiger partial charge in [-0.3, -0.25) is 9.59 Å². The summed E-state index contributed by atoms with van der Waals surface area (Å²) >= 11 is 0. The molecule has 0 saturated carbocycles. The Hall–Kier alpha value is -1.06. The molecule has 0 rings (SSSR count). The number of hydrogen-bond donors (Lipinski definition) is 1. The number of rotatable bonds is 4. The van der Waals surface area contributed by atoms with Gasteiger partial charge in [0.25, 0.3) is 0 Å². The third kappa shape index (κ3) is 5.39. The lowest BCUT2D eigenvalue weighted by atomic mass is 10.1. The maximum Gasteiger partial charge on any atom is 0.302 e. The van der Waals surface area contributed by atoms with Crippen molar-refractivity contribution < 1.29 is 14.3 Å². The normalized spacial score (nSPS) is 10.5. The fourth-order valence-electron chi connectivity index (χ4n) is 0.483. The smallest absolute Gasteiger partial charge is 0.302 e. The number of carbonyl (C=O) groups excluding carboxylic acids is 2. The molecule has 1 amide bonds. The van der Waals surface area contributed by atoms with Crippen molar-refractivity contribution in [2.24, 2.45) is 0 Å². The van der Waals surface area contributed by atoms with Gasteiger partial charge in [0.1, 0.15) is 6.61 Å². The molecule has 0 heterocycles. The van der Waals surface area contributed by atoms with Crippen LogP contribution in [0.1, 0.15) is 20.8 Å². The summed E-state index contributed by atoms with van der Waals surface area (Å²) in [5.74, 6) is -0.342.